The Morgan fingerprint density at radius 1 is 1.50 bits per heavy atom. The van der Waals surface area contributed by atoms with Gasteiger partial charge >= 0.3 is 5.97 Å². The van der Waals surface area contributed by atoms with Gasteiger partial charge in [-0.15, -0.1) is 0 Å². The molecule has 1 rings (SSSR count). The first-order valence-corrected chi connectivity index (χ1v) is 4.16. The average Bonchev–Trinajstić information content (AvgIpc) is 2.18. The van der Waals surface area contributed by atoms with Gasteiger partial charge in [-0.25, -0.2) is 4.79 Å². The van der Waals surface area contributed by atoms with Crippen LogP contribution in [0.1, 0.15) is 17.3 Å². The van der Waals surface area contributed by atoms with E-state index in [-0.39, 0.29) is 5.75 Å². The zero-order chi connectivity index (χ0) is 10.6. The van der Waals surface area contributed by atoms with Gasteiger partial charge < -0.3 is 10.5 Å². The molecule has 0 heterocycles. The van der Waals surface area contributed by atoms with Gasteiger partial charge in [-0.05, 0) is 19.1 Å². The van der Waals surface area contributed by atoms with E-state index in [1.165, 1.54) is 6.92 Å². The first-order valence-electron chi connectivity index (χ1n) is 4.16. The number of esters is 1. The summed E-state index contributed by atoms with van der Waals surface area (Å²) in [5.74, 6) is -0.316. The lowest BCUT2D eigenvalue weighted by atomic mass is 10.2. The minimum atomic E-state index is -0.699. The molecule has 0 aliphatic heterocycles. The second-order valence-corrected chi connectivity index (χ2v) is 2.87. The van der Waals surface area contributed by atoms with E-state index in [1.807, 2.05) is 0 Å². The third kappa shape index (κ3) is 2.40. The fourth-order valence-corrected chi connectivity index (χ4v) is 0.872. The van der Waals surface area contributed by atoms with Gasteiger partial charge in [0.15, 0.2) is 6.29 Å². The lowest BCUT2D eigenvalue weighted by Crippen LogP contribution is -2.31. The molecule has 0 saturated heterocycles. The zero-order valence-electron chi connectivity index (χ0n) is 7.77. The first-order chi connectivity index (χ1) is 6.65. The number of para-hydroxylation sites is 1. The first kappa shape index (κ1) is 10.4. The monoisotopic (exact) mass is 193 g/mol. The molecule has 0 unspecified atom stereocenters. The molecule has 1 atom stereocenters. The van der Waals surface area contributed by atoms with Crippen molar-refractivity contribution in [2.24, 2.45) is 5.73 Å². The van der Waals surface area contributed by atoms with E-state index in [2.05, 4.69) is 0 Å². The number of benzene rings is 1. The van der Waals surface area contributed by atoms with Gasteiger partial charge in [0.1, 0.15) is 11.8 Å². The van der Waals surface area contributed by atoms with Gasteiger partial charge in [-0.3, -0.25) is 4.79 Å². The molecule has 14 heavy (non-hydrogen) atoms. The maximum Gasteiger partial charge on any atom is 0.328 e. The standard InChI is InChI=1S/C10H11NO3/c1-7(11)10(13)14-9-5-3-2-4-8(9)6-12/h2-7H,11H2,1H3/t7-/m0/s1. The normalized spacial score (nSPS) is 11.9. The number of aldehydes is 1. The van der Waals surface area contributed by atoms with Crippen LogP contribution in [0, 0.1) is 0 Å². The highest BCUT2D eigenvalue weighted by Crippen LogP contribution is 2.15. The van der Waals surface area contributed by atoms with Crippen LogP contribution in [-0.4, -0.2) is 18.3 Å². The minimum absolute atomic E-state index is 0.241. The van der Waals surface area contributed by atoms with Gasteiger partial charge in [0.2, 0.25) is 0 Å². The van der Waals surface area contributed by atoms with Crippen LogP contribution in [0.15, 0.2) is 24.3 Å². The Bertz CT molecular complexity index is 347. The summed E-state index contributed by atoms with van der Waals surface area (Å²) < 4.78 is 4.90. The largest absolute Gasteiger partial charge is 0.425 e. The van der Waals surface area contributed by atoms with Crippen LogP contribution in [0.25, 0.3) is 0 Å². The molecular weight excluding hydrogens is 182 g/mol. The molecule has 0 amide bonds. The summed E-state index contributed by atoms with van der Waals surface area (Å²) >= 11 is 0. The van der Waals surface area contributed by atoms with E-state index in [1.54, 1.807) is 24.3 Å². The molecule has 4 heteroatoms. The molecular formula is C10H11NO3. The summed E-state index contributed by atoms with van der Waals surface area (Å²) in [6, 6.07) is 5.78. The number of carbonyl (C=O) groups excluding carboxylic acids is 2. The Morgan fingerprint density at radius 3 is 2.71 bits per heavy atom. The maximum atomic E-state index is 11.1. The summed E-state index contributed by atoms with van der Waals surface area (Å²) in [6.45, 7) is 1.52. The van der Waals surface area contributed by atoms with Crippen LogP contribution in [0.2, 0.25) is 0 Å². The highest BCUT2D eigenvalue weighted by Gasteiger charge is 2.11. The molecule has 0 saturated carbocycles. The summed E-state index contributed by atoms with van der Waals surface area (Å²) in [4.78, 5) is 21.7. The van der Waals surface area contributed by atoms with Crippen molar-refractivity contribution in [3.63, 3.8) is 0 Å². The second kappa shape index (κ2) is 4.53. The summed E-state index contributed by atoms with van der Waals surface area (Å²) in [6.07, 6.45) is 0.629. The number of ether oxygens (including phenoxy) is 1. The predicted molar refractivity (Wildman–Crippen MR) is 51.1 cm³/mol. The van der Waals surface area contributed by atoms with Crippen LogP contribution in [0.4, 0.5) is 0 Å². The Kier molecular flexibility index (Phi) is 3.36. The molecule has 1 aromatic rings. The number of rotatable bonds is 3. The molecule has 0 fully saturated rings. The van der Waals surface area contributed by atoms with Crippen molar-refractivity contribution in [3.8, 4) is 5.75 Å². The van der Waals surface area contributed by atoms with Gasteiger partial charge in [0.25, 0.3) is 0 Å². The number of hydrogen-bond acceptors (Lipinski definition) is 4. The highest BCUT2D eigenvalue weighted by molar-refractivity contribution is 5.83. The molecule has 0 spiro atoms. The topological polar surface area (TPSA) is 69.4 Å². The highest BCUT2D eigenvalue weighted by atomic mass is 16.5. The van der Waals surface area contributed by atoms with E-state index < -0.39 is 12.0 Å². The molecule has 0 aromatic heterocycles. The molecule has 1 aromatic carbocycles. The molecule has 74 valence electrons. The van der Waals surface area contributed by atoms with Crippen LogP contribution >= 0.6 is 0 Å². The predicted octanol–water partition coefficient (Wildman–Crippen LogP) is 0.752. The fraction of sp³-hybridized carbons (Fsp3) is 0.200. The van der Waals surface area contributed by atoms with Crippen molar-refractivity contribution in [2.45, 2.75) is 13.0 Å². The molecule has 0 radical (unpaired) electrons. The molecule has 0 bridgehead atoms. The maximum absolute atomic E-state index is 11.1. The molecule has 4 nitrogen and oxygen atoms in total. The number of carbonyl (C=O) groups is 2. The molecule has 2 N–H and O–H groups in total. The quantitative estimate of drug-likeness (QED) is 0.437. The third-order valence-corrected chi connectivity index (χ3v) is 1.63. The smallest absolute Gasteiger partial charge is 0.328 e. The van der Waals surface area contributed by atoms with E-state index in [4.69, 9.17) is 10.5 Å². The number of hydrogen-bond donors (Lipinski definition) is 1. The molecule has 0 aliphatic carbocycles. The van der Waals surface area contributed by atoms with Crippen molar-refractivity contribution < 1.29 is 14.3 Å². The van der Waals surface area contributed by atoms with Gasteiger partial charge in [-0.1, -0.05) is 12.1 Å². The Labute approximate surface area is 81.7 Å². The van der Waals surface area contributed by atoms with Crippen LogP contribution in [0.5, 0.6) is 5.75 Å². The van der Waals surface area contributed by atoms with Crippen molar-refractivity contribution in [1.82, 2.24) is 0 Å². The van der Waals surface area contributed by atoms with E-state index in [0.717, 1.165) is 0 Å². The van der Waals surface area contributed by atoms with Crippen molar-refractivity contribution >= 4 is 12.3 Å². The van der Waals surface area contributed by atoms with E-state index >= 15 is 0 Å². The van der Waals surface area contributed by atoms with E-state index in [9.17, 15) is 9.59 Å². The fourth-order valence-electron chi connectivity index (χ4n) is 0.872. The van der Waals surface area contributed by atoms with Gasteiger partial charge in [0, 0.05) is 0 Å². The zero-order valence-corrected chi connectivity index (χ0v) is 7.77. The SMILES string of the molecule is C[C@H](N)C(=O)Oc1ccccc1C=O. The summed E-state index contributed by atoms with van der Waals surface area (Å²) in [5.41, 5.74) is 5.65. The Hall–Kier alpha value is -1.68. The van der Waals surface area contributed by atoms with Crippen molar-refractivity contribution in [2.75, 3.05) is 0 Å². The van der Waals surface area contributed by atoms with Gasteiger partial charge in [-0.2, -0.15) is 0 Å². The minimum Gasteiger partial charge on any atom is -0.425 e. The van der Waals surface area contributed by atoms with Crippen LogP contribution < -0.4 is 10.5 Å². The lowest BCUT2D eigenvalue weighted by Gasteiger charge is -2.07. The Balaban J connectivity index is 2.85. The van der Waals surface area contributed by atoms with Crippen molar-refractivity contribution in [1.29, 1.82) is 0 Å². The summed E-state index contributed by atoms with van der Waals surface area (Å²) in [7, 11) is 0. The van der Waals surface area contributed by atoms with Gasteiger partial charge in [0.05, 0.1) is 5.56 Å². The summed E-state index contributed by atoms with van der Waals surface area (Å²) in [5, 5.41) is 0. The third-order valence-electron chi connectivity index (χ3n) is 1.63. The second-order valence-electron chi connectivity index (χ2n) is 2.87. The Morgan fingerprint density at radius 2 is 2.14 bits per heavy atom. The lowest BCUT2D eigenvalue weighted by molar-refractivity contribution is -0.135. The molecule has 0 aliphatic rings. The average molecular weight is 193 g/mol. The number of nitrogens with two attached hydrogens (primary N) is 1. The van der Waals surface area contributed by atoms with Crippen LogP contribution in [0.3, 0.4) is 0 Å². The van der Waals surface area contributed by atoms with Crippen molar-refractivity contribution in [3.05, 3.63) is 29.8 Å². The van der Waals surface area contributed by atoms with E-state index in [0.29, 0.717) is 11.8 Å². The van der Waals surface area contributed by atoms with Crippen LogP contribution in [-0.2, 0) is 4.79 Å².